The lowest BCUT2D eigenvalue weighted by Crippen LogP contribution is -2.48. The monoisotopic (exact) mass is 351 g/mol. The fourth-order valence-electron chi connectivity index (χ4n) is 3.00. The van der Waals surface area contributed by atoms with Crippen molar-refractivity contribution in [2.24, 2.45) is 0 Å². The van der Waals surface area contributed by atoms with Gasteiger partial charge in [-0.05, 0) is 31.2 Å². The summed E-state index contributed by atoms with van der Waals surface area (Å²) >= 11 is 0. The fraction of sp³-hybridized carbons (Fsp3) is 0.556. The van der Waals surface area contributed by atoms with Crippen LogP contribution in [0.25, 0.3) is 0 Å². The van der Waals surface area contributed by atoms with E-state index in [1.165, 1.54) is 0 Å². The molecule has 7 heteroatoms. The zero-order chi connectivity index (χ0) is 18.2. The Morgan fingerprint density at radius 2 is 1.92 bits per heavy atom. The molecule has 1 aromatic carbocycles. The van der Waals surface area contributed by atoms with Crippen molar-refractivity contribution in [3.8, 4) is 0 Å². The lowest BCUT2D eigenvalue weighted by molar-refractivity contribution is -0.136. The van der Waals surface area contributed by atoms with Gasteiger partial charge in [0.1, 0.15) is 19.3 Å². The van der Waals surface area contributed by atoms with Crippen LogP contribution in [0.2, 0.25) is 0 Å². The number of carbonyl (C=O) groups is 2. The van der Waals surface area contributed by atoms with Crippen LogP contribution < -0.4 is 0 Å². The number of rotatable bonds is 7. The largest absolute Gasteiger partial charge is 0.445 e. The number of carbonyl (C=O) groups excluding carboxylic acids is 2. The van der Waals surface area contributed by atoms with Gasteiger partial charge in [0.25, 0.3) is 0 Å². The number of Topliss-reactive ketones (excluding diaryl/α,β-unsaturated/α-hetero) is 1. The Bertz CT molecular complexity index is 564. The molecule has 7 nitrogen and oxygen atoms in total. The highest BCUT2D eigenvalue weighted by Crippen LogP contribution is 2.23. The molecular formula is C18H25NO6. The van der Waals surface area contributed by atoms with Gasteiger partial charge in [0.2, 0.25) is 0 Å². The van der Waals surface area contributed by atoms with E-state index in [2.05, 4.69) is 0 Å². The number of hydrogen-bond acceptors (Lipinski definition) is 6. The van der Waals surface area contributed by atoms with Crippen molar-refractivity contribution in [1.29, 1.82) is 0 Å². The second kappa shape index (κ2) is 9.50. The molecule has 2 rings (SSSR count). The smallest absolute Gasteiger partial charge is 0.410 e. The molecule has 0 spiro atoms. The van der Waals surface area contributed by atoms with Crippen molar-refractivity contribution >= 4 is 11.9 Å². The van der Waals surface area contributed by atoms with Crippen LogP contribution in [0.5, 0.6) is 0 Å². The Morgan fingerprint density at radius 3 is 2.60 bits per heavy atom. The van der Waals surface area contributed by atoms with Crippen LogP contribution in [-0.2, 0) is 16.1 Å². The normalized spacial score (nSPS) is 20.0. The molecule has 0 radical (unpaired) electrons. The molecule has 1 fully saturated rings. The van der Waals surface area contributed by atoms with E-state index in [-0.39, 0.29) is 19.1 Å². The summed E-state index contributed by atoms with van der Waals surface area (Å²) in [4.78, 5) is 25.2. The summed E-state index contributed by atoms with van der Waals surface area (Å²) in [6.07, 6.45) is -0.982. The molecule has 0 aliphatic carbocycles. The van der Waals surface area contributed by atoms with E-state index in [4.69, 9.17) is 9.84 Å². The summed E-state index contributed by atoms with van der Waals surface area (Å²) in [6, 6.07) is 9.02. The number of nitrogens with zero attached hydrogens (tertiary/aromatic N) is 1. The van der Waals surface area contributed by atoms with E-state index in [1.54, 1.807) is 4.90 Å². The highest BCUT2D eigenvalue weighted by Gasteiger charge is 2.33. The molecule has 0 bridgehead atoms. The second-order valence-electron chi connectivity index (χ2n) is 6.26. The molecule has 1 amide bonds. The molecule has 3 N–H and O–H groups in total. The zero-order valence-corrected chi connectivity index (χ0v) is 14.1. The van der Waals surface area contributed by atoms with Crippen LogP contribution in [0.3, 0.4) is 0 Å². The third-order valence-corrected chi connectivity index (χ3v) is 4.43. The molecule has 25 heavy (non-hydrogen) atoms. The first-order chi connectivity index (χ1) is 12.0. The Morgan fingerprint density at radius 1 is 1.20 bits per heavy atom. The van der Waals surface area contributed by atoms with Crippen LogP contribution in [0.1, 0.15) is 31.2 Å². The Kier molecular flexibility index (Phi) is 7.36. The van der Waals surface area contributed by atoms with Crippen molar-refractivity contribution in [1.82, 2.24) is 4.90 Å². The maximum atomic E-state index is 12.4. The van der Waals surface area contributed by atoms with Crippen LogP contribution >= 0.6 is 0 Å². The molecule has 0 saturated carbocycles. The van der Waals surface area contributed by atoms with E-state index >= 15 is 0 Å². The molecule has 1 aromatic rings. The van der Waals surface area contributed by atoms with Gasteiger partial charge in [-0.25, -0.2) is 4.79 Å². The van der Waals surface area contributed by atoms with Gasteiger partial charge in [-0.3, -0.25) is 4.79 Å². The first-order valence-corrected chi connectivity index (χ1v) is 8.50. The molecule has 0 aromatic heterocycles. The summed E-state index contributed by atoms with van der Waals surface area (Å²) in [5, 5.41) is 28.5. The van der Waals surface area contributed by atoms with Crippen LogP contribution in [-0.4, -0.2) is 63.5 Å². The summed E-state index contributed by atoms with van der Waals surface area (Å²) in [5.41, 5.74) is 0.883. The quantitative estimate of drug-likeness (QED) is 0.672. The van der Waals surface area contributed by atoms with Gasteiger partial charge in [0.05, 0.1) is 6.10 Å². The van der Waals surface area contributed by atoms with Gasteiger partial charge in [-0.15, -0.1) is 0 Å². The number of ether oxygens (including phenoxy) is 1. The number of aliphatic hydroxyl groups is 3. The Balaban J connectivity index is 1.92. The molecule has 1 aliphatic rings. The van der Waals surface area contributed by atoms with Crippen molar-refractivity contribution in [2.45, 2.75) is 50.5 Å². The maximum absolute atomic E-state index is 12.4. The number of aliphatic hydroxyl groups excluding tert-OH is 3. The average Bonchev–Trinajstić information content (AvgIpc) is 2.66. The predicted molar refractivity (Wildman–Crippen MR) is 89.7 cm³/mol. The van der Waals surface area contributed by atoms with E-state index in [0.717, 1.165) is 18.4 Å². The third kappa shape index (κ3) is 5.52. The highest BCUT2D eigenvalue weighted by atomic mass is 16.6. The number of amides is 1. The van der Waals surface area contributed by atoms with Gasteiger partial charge in [-0.2, -0.15) is 0 Å². The summed E-state index contributed by atoms with van der Waals surface area (Å²) in [5.74, 6) is -0.832. The van der Waals surface area contributed by atoms with Gasteiger partial charge >= 0.3 is 6.09 Å². The van der Waals surface area contributed by atoms with Crippen molar-refractivity contribution in [2.75, 3.05) is 13.2 Å². The lowest BCUT2D eigenvalue weighted by Gasteiger charge is -2.36. The summed E-state index contributed by atoms with van der Waals surface area (Å²) < 4.78 is 5.34. The van der Waals surface area contributed by atoms with Gasteiger partial charge in [0.15, 0.2) is 5.78 Å². The van der Waals surface area contributed by atoms with Crippen LogP contribution in [0.15, 0.2) is 30.3 Å². The molecule has 1 saturated heterocycles. The van der Waals surface area contributed by atoms with E-state index in [0.29, 0.717) is 13.0 Å². The topological polar surface area (TPSA) is 107 Å². The van der Waals surface area contributed by atoms with Crippen molar-refractivity contribution in [3.63, 3.8) is 0 Å². The lowest BCUT2D eigenvalue weighted by atomic mass is 9.94. The van der Waals surface area contributed by atoms with E-state index in [1.807, 2.05) is 30.3 Å². The third-order valence-electron chi connectivity index (χ3n) is 4.43. The molecule has 3 atom stereocenters. The minimum Gasteiger partial charge on any atom is -0.445 e. The highest BCUT2D eigenvalue weighted by molar-refractivity contribution is 5.84. The molecular weight excluding hydrogens is 326 g/mol. The van der Waals surface area contributed by atoms with Gasteiger partial charge in [0, 0.05) is 12.6 Å². The average molecular weight is 351 g/mol. The van der Waals surface area contributed by atoms with Crippen LogP contribution in [0, 0.1) is 0 Å². The molecule has 1 heterocycles. The van der Waals surface area contributed by atoms with E-state index < -0.39 is 30.7 Å². The van der Waals surface area contributed by atoms with Crippen molar-refractivity contribution < 1.29 is 29.6 Å². The number of hydrogen-bond donors (Lipinski definition) is 3. The first-order valence-electron chi connectivity index (χ1n) is 8.50. The first kappa shape index (κ1) is 19.4. The van der Waals surface area contributed by atoms with Crippen molar-refractivity contribution in [3.05, 3.63) is 35.9 Å². The minimum atomic E-state index is -1.64. The molecule has 1 aliphatic heterocycles. The van der Waals surface area contributed by atoms with E-state index in [9.17, 15) is 19.8 Å². The number of likely N-dealkylation sites (tertiary alicyclic amines) is 1. The standard InChI is InChI=1S/C18H25NO6/c20-11-16(22)17(23)15(21)10-14-8-4-5-9-19(14)18(24)25-12-13-6-2-1-3-7-13/h1-3,6-7,14-15,17,20-21,23H,4-5,8-12H2/t14?,15?,17-/m1/s1. The van der Waals surface area contributed by atoms with Gasteiger partial charge < -0.3 is 25.0 Å². The zero-order valence-electron chi connectivity index (χ0n) is 14.1. The summed E-state index contributed by atoms with van der Waals surface area (Å²) in [6.45, 7) is -0.155. The van der Waals surface area contributed by atoms with Crippen LogP contribution in [0.4, 0.5) is 4.79 Å². The Hall–Kier alpha value is -1.96. The Labute approximate surface area is 146 Å². The summed E-state index contributed by atoms with van der Waals surface area (Å²) in [7, 11) is 0. The minimum absolute atomic E-state index is 0.0628. The van der Waals surface area contributed by atoms with Gasteiger partial charge in [-0.1, -0.05) is 30.3 Å². The molecule has 138 valence electrons. The number of benzene rings is 1. The number of piperidine rings is 1. The predicted octanol–water partition coefficient (Wildman–Crippen LogP) is 0.851. The second-order valence-corrected chi connectivity index (χ2v) is 6.26. The fourth-order valence-corrected chi connectivity index (χ4v) is 3.00. The maximum Gasteiger partial charge on any atom is 0.410 e. The number of ketones is 1. The SMILES string of the molecule is O=C(CO)[C@H](O)C(O)CC1CCCCN1C(=O)OCc1ccccc1. The molecule has 2 unspecified atom stereocenters.